The van der Waals surface area contributed by atoms with Crippen LogP contribution in [0.2, 0.25) is 0 Å². The number of amides is 2. The monoisotopic (exact) mass is 519 g/mol. The first-order chi connectivity index (χ1) is 16.3. The number of alkyl halides is 3. The molecule has 1 aliphatic heterocycles. The number of carbonyl (C=O) groups is 3. The van der Waals surface area contributed by atoms with E-state index in [1.54, 1.807) is 0 Å². The summed E-state index contributed by atoms with van der Waals surface area (Å²) in [6.45, 7) is 0.287. The van der Waals surface area contributed by atoms with Crippen LogP contribution in [0.1, 0.15) is 57.6 Å². The normalized spacial score (nSPS) is 16.2. The highest BCUT2D eigenvalue weighted by Gasteiger charge is 2.47. The Bertz CT molecular complexity index is 1240. The van der Waals surface area contributed by atoms with Crippen molar-refractivity contribution in [2.24, 2.45) is 0 Å². The van der Waals surface area contributed by atoms with Gasteiger partial charge in [0.2, 0.25) is 11.8 Å². The van der Waals surface area contributed by atoms with Gasteiger partial charge in [-0.3, -0.25) is 9.59 Å². The molecule has 0 spiro atoms. The number of likely N-dealkylation sites (tertiary alicyclic amines) is 1. The first-order valence-electron chi connectivity index (χ1n) is 10.1. The minimum absolute atomic E-state index is 0.0365. The number of benzene rings is 1. The van der Waals surface area contributed by atoms with Crippen molar-refractivity contribution in [3.05, 3.63) is 47.2 Å². The van der Waals surface area contributed by atoms with E-state index in [4.69, 9.17) is 14.3 Å². The van der Waals surface area contributed by atoms with Crippen LogP contribution in [0, 0.1) is 0 Å². The van der Waals surface area contributed by atoms with E-state index in [0.717, 1.165) is 11.0 Å². The van der Waals surface area contributed by atoms with Crippen molar-refractivity contribution in [3.8, 4) is 5.75 Å². The Balaban J connectivity index is 1.82. The topological polar surface area (TPSA) is 156 Å². The zero-order valence-corrected chi connectivity index (χ0v) is 19.0. The van der Waals surface area contributed by atoms with Crippen LogP contribution in [-0.4, -0.2) is 60.4 Å². The molecule has 1 fully saturated rings. The zero-order chi connectivity index (χ0) is 26.0. The molecule has 0 unspecified atom stereocenters. The number of ether oxygens (including phenoxy) is 1. The number of nitrogens with zero attached hydrogens (tertiary/aromatic N) is 2. The van der Waals surface area contributed by atoms with Crippen LogP contribution >= 0.6 is 0 Å². The van der Waals surface area contributed by atoms with Crippen LogP contribution in [0.5, 0.6) is 5.75 Å². The molecule has 1 aromatic carbocycles. The minimum atomic E-state index is -5.85. The highest BCUT2D eigenvalue weighted by atomic mass is 32.2. The number of rotatable bonds is 8. The number of sulfonamides is 1. The Labute approximate surface area is 196 Å². The van der Waals surface area contributed by atoms with Gasteiger partial charge in [0.15, 0.2) is 5.69 Å². The van der Waals surface area contributed by atoms with Crippen LogP contribution in [0.4, 0.5) is 13.2 Å². The van der Waals surface area contributed by atoms with Gasteiger partial charge in [0, 0.05) is 18.5 Å². The summed E-state index contributed by atoms with van der Waals surface area (Å²) in [5.74, 6) is -2.89. The fourth-order valence-corrected chi connectivity index (χ4v) is 4.08. The quantitative estimate of drug-likeness (QED) is 0.534. The van der Waals surface area contributed by atoms with E-state index in [9.17, 15) is 36.0 Å². The molecule has 0 aliphatic carbocycles. The maximum atomic E-state index is 13.4. The Morgan fingerprint density at radius 1 is 1.31 bits per heavy atom. The molecule has 1 aliphatic rings. The third-order valence-corrected chi connectivity index (χ3v) is 6.37. The van der Waals surface area contributed by atoms with Crippen LogP contribution in [0.25, 0.3) is 0 Å². The number of carbonyl (C=O) groups excluding carboxylic acids is 2. The molecule has 2 amide bonds. The number of carboxylic acids is 1. The lowest BCUT2D eigenvalue weighted by Crippen LogP contribution is -2.40. The number of nitrogens with one attached hydrogen (secondary N) is 1. The fourth-order valence-electron chi connectivity index (χ4n) is 3.57. The number of aromatic nitrogens is 1. The average molecular weight is 519 g/mol. The van der Waals surface area contributed by atoms with Crippen LogP contribution in [-0.2, 0) is 21.2 Å². The van der Waals surface area contributed by atoms with Crippen LogP contribution in [0.3, 0.4) is 0 Å². The molecular formula is C20H20F3N3O8S. The Morgan fingerprint density at radius 2 is 2.03 bits per heavy atom. The Kier molecular flexibility index (Phi) is 7.38. The van der Waals surface area contributed by atoms with Gasteiger partial charge < -0.3 is 19.2 Å². The maximum Gasteiger partial charge on any atom is 0.516 e. The maximum absolute atomic E-state index is 13.4. The molecule has 0 saturated carbocycles. The first kappa shape index (κ1) is 26.0. The lowest BCUT2D eigenvalue weighted by molar-refractivity contribution is -0.120. The first-order valence-corrected chi connectivity index (χ1v) is 11.6. The van der Waals surface area contributed by atoms with E-state index < -0.39 is 45.8 Å². The van der Waals surface area contributed by atoms with E-state index in [1.165, 1.54) is 30.2 Å². The van der Waals surface area contributed by atoms with Gasteiger partial charge in [-0.15, -0.1) is 0 Å². The van der Waals surface area contributed by atoms with Gasteiger partial charge >= 0.3 is 21.5 Å². The molecule has 1 saturated heterocycles. The van der Waals surface area contributed by atoms with Gasteiger partial charge in [0.1, 0.15) is 18.1 Å². The second kappa shape index (κ2) is 9.93. The van der Waals surface area contributed by atoms with E-state index >= 15 is 0 Å². The van der Waals surface area contributed by atoms with Crippen molar-refractivity contribution in [1.29, 1.82) is 0 Å². The van der Waals surface area contributed by atoms with Gasteiger partial charge in [-0.2, -0.15) is 21.6 Å². The van der Waals surface area contributed by atoms with Crippen molar-refractivity contribution in [3.63, 3.8) is 0 Å². The molecule has 0 radical (unpaired) electrons. The van der Waals surface area contributed by atoms with E-state index in [2.05, 4.69) is 4.98 Å². The predicted molar refractivity (Wildman–Crippen MR) is 111 cm³/mol. The van der Waals surface area contributed by atoms with E-state index in [-0.39, 0.29) is 35.7 Å². The summed E-state index contributed by atoms with van der Waals surface area (Å²) >= 11 is 0. The number of methoxy groups -OCH3 is 1. The Morgan fingerprint density at radius 3 is 2.63 bits per heavy atom. The standard InChI is InChI=1S/C20H20F3N3O8S/c1-33-12-6-4-11(5-7-16(27)25-35(31,32)20(21,22)23)13(9-12)18(28)26-8-2-3-15(26)17-24-14(10-34-17)19(29)30/h4,6,9-10,15H,2-3,5,7-8H2,1H3,(H,25,27)(H,29,30)/t15-/m0/s1. The molecule has 2 N–H and O–H groups in total. The average Bonchev–Trinajstić information content (AvgIpc) is 3.45. The number of oxazole rings is 1. The molecule has 1 atom stereocenters. The van der Waals surface area contributed by atoms with Gasteiger partial charge in [-0.25, -0.2) is 14.5 Å². The number of aromatic carboxylic acids is 1. The molecule has 35 heavy (non-hydrogen) atoms. The third kappa shape index (κ3) is 5.72. The molecule has 2 aromatic rings. The predicted octanol–water partition coefficient (Wildman–Crippen LogP) is 2.26. The van der Waals surface area contributed by atoms with Crippen molar-refractivity contribution >= 4 is 27.8 Å². The molecular weight excluding hydrogens is 499 g/mol. The van der Waals surface area contributed by atoms with Gasteiger partial charge in [0.05, 0.1) is 7.11 Å². The minimum Gasteiger partial charge on any atom is -0.497 e. The summed E-state index contributed by atoms with van der Waals surface area (Å²) < 4.78 is 71.1. The van der Waals surface area contributed by atoms with Crippen molar-refractivity contribution in [1.82, 2.24) is 14.6 Å². The van der Waals surface area contributed by atoms with Crippen LogP contribution in [0.15, 0.2) is 28.9 Å². The van der Waals surface area contributed by atoms with Gasteiger partial charge in [-0.1, -0.05) is 6.07 Å². The molecule has 15 heteroatoms. The number of hydrogen-bond acceptors (Lipinski definition) is 8. The summed E-state index contributed by atoms with van der Waals surface area (Å²) in [6, 6.07) is 3.65. The number of halogens is 3. The smallest absolute Gasteiger partial charge is 0.497 e. The summed E-state index contributed by atoms with van der Waals surface area (Å²) in [4.78, 5) is 41.7. The molecule has 0 bridgehead atoms. The molecule has 3 rings (SSSR count). The second-order valence-corrected chi connectivity index (χ2v) is 9.20. The SMILES string of the molecule is COc1ccc(CCC(=O)NS(=O)(=O)C(F)(F)F)c(C(=O)N2CCC[C@H]2c2nc(C(=O)O)co2)c1. The third-order valence-electron chi connectivity index (χ3n) is 5.26. The van der Waals surface area contributed by atoms with Crippen molar-refractivity contribution in [2.45, 2.75) is 37.2 Å². The van der Waals surface area contributed by atoms with Crippen molar-refractivity contribution in [2.75, 3.05) is 13.7 Å². The van der Waals surface area contributed by atoms with Gasteiger partial charge in [-0.05, 0) is 37.0 Å². The van der Waals surface area contributed by atoms with E-state index in [0.29, 0.717) is 18.6 Å². The lowest BCUT2D eigenvalue weighted by atomic mass is 10.0. The zero-order valence-electron chi connectivity index (χ0n) is 18.2. The van der Waals surface area contributed by atoms with Crippen molar-refractivity contribution < 1.29 is 50.2 Å². The summed E-state index contributed by atoms with van der Waals surface area (Å²) in [6.07, 6.45) is 1.09. The lowest BCUT2D eigenvalue weighted by Gasteiger charge is -2.24. The molecule has 1 aromatic heterocycles. The summed E-state index contributed by atoms with van der Waals surface area (Å²) in [5, 5.41) is 9.06. The second-order valence-electron chi connectivity index (χ2n) is 7.53. The number of hydrogen-bond donors (Lipinski definition) is 2. The largest absolute Gasteiger partial charge is 0.516 e. The van der Waals surface area contributed by atoms with Crippen LogP contribution < -0.4 is 9.46 Å². The Hall–Kier alpha value is -3.62. The van der Waals surface area contributed by atoms with E-state index in [1.807, 2.05) is 0 Å². The number of aryl methyl sites for hydroxylation is 1. The summed E-state index contributed by atoms with van der Waals surface area (Å²) in [5.41, 5.74) is -5.62. The molecule has 11 nitrogen and oxygen atoms in total. The fraction of sp³-hybridized carbons (Fsp3) is 0.400. The number of carboxylic acid groups (broad SMARTS) is 1. The highest BCUT2D eigenvalue weighted by molar-refractivity contribution is 7.90. The van der Waals surface area contributed by atoms with Gasteiger partial charge in [0.25, 0.3) is 5.91 Å². The highest BCUT2D eigenvalue weighted by Crippen LogP contribution is 2.34. The molecule has 2 heterocycles. The molecule has 190 valence electrons. The summed E-state index contributed by atoms with van der Waals surface area (Å²) in [7, 11) is -4.49.